The van der Waals surface area contributed by atoms with E-state index < -0.39 is 6.03 Å². The minimum atomic E-state index is -0.508. The number of imide groups is 1. The number of amides is 4. The standard InChI is InChI=1S/C16H22N4O3/c1-19(2)13-7-5-12(6-8-13)4-3-9-17-14(21)11-20-15(22)10-18-16(20)23/h5-8H,3-4,9-11H2,1-2H3,(H,17,21)(H,18,23). The lowest BCUT2D eigenvalue weighted by molar-refractivity contribution is -0.130. The van der Waals surface area contributed by atoms with E-state index in [1.165, 1.54) is 5.56 Å². The molecule has 0 bridgehead atoms. The van der Waals surface area contributed by atoms with Gasteiger partial charge in [-0.15, -0.1) is 0 Å². The van der Waals surface area contributed by atoms with Crippen LogP contribution in [-0.4, -0.2) is 56.5 Å². The fourth-order valence-corrected chi connectivity index (χ4v) is 2.30. The third kappa shape index (κ3) is 4.70. The van der Waals surface area contributed by atoms with Gasteiger partial charge in [-0.2, -0.15) is 0 Å². The normalized spacial score (nSPS) is 13.9. The minimum Gasteiger partial charge on any atom is -0.378 e. The topological polar surface area (TPSA) is 81.8 Å². The summed E-state index contributed by atoms with van der Waals surface area (Å²) in [6, 6.07) is 7.76. The molecule has 0 unspecified atom stereocenters. The lowest BCUT2D eigenvalue weighted by atomic mass is 10.1. The maximum atomic E-state index is 11.7. The summed E-state index contributed by atoms with van der Waals surface area (Å²) in [5.41, 5.74) is 2.36. The largest absolute Gasteiger partial charge is 0.378 e. The third-order valence-electron chi connectivity index (χ3n) is 3.66. The lowest BCUT2D eigenvalue weighted by Gasteiger charge is -2.13. The first-order chi connectivity index (χ1) is 11.0. The Bertz CT molecular complexity index is 567. The zero-order valence-electron chi connectivity index (χ0n) is 13.5. The summed E-state index contributed by atoms with van der Waals surface area (Å²) in [5.74, 6) is -0.690. The van der Waals surface area contributed by atoms with Gasteiger partial charge >= 0.3 is 6.03 Å². The number of rotatable bonds is 7. The first-order valence-corrected chi connectivity index (χ1v) is 7.58. The molecule has 7 nitrogen and oxygen atoms in total. The van der Waals surface area contributed by atoms with Crippen molar-refractivity contribution in [1.82, 2.24) is 15.5 Å². The second-order valence-electron chi connectivity index (χ2n) is 5.65. The van der Waals surface area contributed by atoms with Crippen molar-refractivity contribution >= 4 is 23.5 Å². The Kier molecular flexibility index (Phi) is 5.56. The van der Waals surface area contributed by atoms with Crippen molar-refractivity contribution in [2.75, 3.05) is 38.6 Å². The van der Waals surface area contributed by atoms with Crippen LogP contribution in [0, 0.1) is 0 Å². The number of hydrogen-bond acceptors (Lipinski definition) is 4. The number of aryl methyl sites for hydroxylation is 1. The van der Waals surface area contributed by atoms with E-state index in [0.717, 1.165) is 23.4 Å². The van der Waals surface area contributed by atoms with Gasteiger partial charge in [-0.25, -0.2) is 4.79 Å². The van der Waals surface area contributed by atoms with Gasteiger partial charge in [0.1, 0.15) is 6.54 Å². The van der Waals surface area contributed by atoms with Gasteiger partial charge in [0.15, 0.2) is 0 Å². The quantitative estimate of drug-likeness (QED) is 0.561. The van der Waals surface area contributed by atoms with Crippen molar-refractivity contribution < 1.29 is 14.4 Å². The molecule has 4 amide bonds. The van der Waals surface area contributed by atoms with Gasteiger partial charge < -0.3 is 15.5 Å². The summed E-state index contributed by atoms with van der Waals surface area (Å²) in [7, 11) is 3.99. The molecule has 1 heterocycles. The molecule has 0 atom stereocenters. The van der Waals surface area contributed by atoms with E-state index in [0.29, 0.717) is 6.54 Å². The second kappa shape index (κ2) is 7.62. The first-order valence-electron chi connectivity index (χ1n) is 7.58. The van der Waals surface area contributed by atoms with Crippen molar-refractivity contribution in [2.45, 2.75) is 12.8 Å². The van der Waals surface area contributed by atoms with Crippen LogP contribution in [0.4, 0.5) is 10.5 Å². The maximum absolute atomic E-state index is 11.7. The van der Waals surface area contributed by atoms with Crippen LogP contribution in [0.15, 0.2) is 24.3 Å². The predicted molar refractivity (Wildman–Crippen MR) is 87.2 cm³/mol. The summed E-state index contributed by atoms with van der Waals surface area (Å²) in [6.45, 7) is 0.259. The van der Waals surface area contributed by atoms with E-state index in [4.69, 9.17) is 0 Å². The molecule has 7 heteroatoms. The van der Waals surface area contributed by atoms with Crippen LogP contribution in [0.5, 0.6) is 0 Å². The number of nitrogens with zero attached hydrogens (tertiary/aromatic N) is 2. The summed E-state index contributed by atoms with van der Waals surface area (Å²) in [4.78, 5) is 37.4. The number of carbonyl (C=O) groups excluding carboxylic acids is 3. The average molecular weight is 318 g/mol. The molecule has 2 N–H and O–H groups in total. The Morgan fingerprint density at radius 2 is 1.96 bits per heavy atom. The van der Waals surface area contributed by atoms with Gasteiger partial charge in [-0.3, -0.25) is 14.5 Å². The molecule has 0 aromatic heterocycles. The number of anilines is 1. The maximum Gasteiger partial charge on any atom is 0.325 e. The summed E-state index contributed by atoms with van der Waals surface area (Å²) >= 11 is 0. The number of carbonyl (C=O) groups is 3. The Morgan fingerprint density at radius 3 is 2.52 bits per heavy atom. The van der Waals surface area contributed by atoms with Crippen molar-refractivity contribution in [3.63, 3.8) is 0 Å². The Hall–Kier alpha value is -2.57. The van der Waals surface area contributed by atoms with Crippen LogP contribution in [-0.2, 0) is 16.0 Å². The average Bonchev–Trinajstić information content (AvgIpc) is 2.84. The third-order valence-corrected chi connectivity index (χ3v) is 3.66. The predicted octanol–water partition coefficient (Wildman–Crippen LogP) is 0.353. The monoisotopic (exact) mass is 318 g/mol. The number of nitrogens with one attached hydrogen (secondary N) is 2. The molecule has 0 saturated carbocycles. The molecule has 0 radical (unpaired) electrons. The molecular weight excluding hydrogens is 296 g/mol. The summed E-state index contributed by atoms with van der Waals surface area (Å²) in [5, 5.41) is 5.11. The highest BCUT2D eigenvalue weighted by atomic mass is 16.2. The first kappa shape index (κ1) is 16.8. The Labute approximate surface area is 135 Å². The number of urea groups is 1. The fourth-order valence-electron chi connectivity index (χ4n) is 2.30. The minimum absolute atomic E-state index is 0.0327. The molecule has 0 spiro atoms. The van der Waals surface area contributed by atoms with Crippen LogP contribution in [0.3, 0.4) is 0 Å². The van der Waals surface area contributed by atoms with Crippen molar-refractivity contribution in [3.05, 3.63) is 29.8 Å². The van der Waals surface area contributed by atoms with Crippen LogP contribution >= 0.6 is 0 Å². The molecule has 1 saturated heterocycles. The SMILES string of the molecule is CN(C)c1ccc(CCCNC(=O)CN2C(=O)CNC2=O)cc1. The summed E-state index contributed by atoms with van der Waals surface area (Å²) in [6.07, 6.45) is 1.66. The van der Waals surface area contributed by atoms with Gasteiger partial charge in [-0.05, 0) is 30.5 Å². The Morgan fingerprint density at radius 1 is 1.26 bits per heavy atom. The number of benzene rings is 1. The van der Waals surface area contributed by atoms with Crippen LogP contribution in [0.1, 0.15) is 12.0 Å². The van der Waals surface area contributed by atoms with Gasteiger partial charge in [0.25, 0.3) is 5.91 Å². The molecule has 0 aliphatic carbocycles. The Balaban J connectivity index is 1.67. The van der Waals surface area contributed by atoms with Crippen molar-refractivity contribution in [3.8, 4) is 0 Å². The van der Waals surface area contributed by atoms with Crippen LogP contribution in [0.2, 0.25) is 0 Å². The highest BCUT2D eigenvalue weighted by molar-refractivity contribution is 6.04. The molecule has 124 valence electrons. The molecule has 1 aliphatic rings. The molecular formula is C16H22N4O3. The smallest absolute Gasteiger partial charge is 0.325 e. The number of hydrogen-bond donors (Lipinski definition) is 2. The van der Waals surface area contributed by atoms with Gasteiger partial charge in [0.05, 0.1) is 6.54 Å². The highest BCUT2D eigenvalue weighted by Gasteiger charge is 2.29. The zero-order valence-corrected chi connectivity index (χ0v) is 13.5. The molecule has 1 aliphatic heterocycles. The second-order valence-corrected chi connectivity index (χ2v) is 5.65. The van der Waals surface area contributed by atoms with E-state index >= 15 is 0 Å². The fraction of sp³-hybridized carbons (Fsp3) is 0.438. The van der Waals surface area contributed by atoms with E-state index in [1.54, 1.807) is 0 Å². The van der Waals surface area contributed by atoms with E-state index in [-0.39, 0.29) is 24.9 Å². The lowest BCUT2D eigenvalue weighted by Crippen LogP contribution is -2.41. The van der Waals surface area contributed by atoms with E-state index in [9.17, 15) is 14.4 Å². The van der Waals surface area contributed by atoms with Gasteiger partial charge in [0, 0.05) is 26.3 Å². The molecule has 2 rings (SSSR count). The van der Waals surface area contributed by atoms with Gasteiger partial charge in [0.2, 0.25) is 5.91 Å². The molecule has 1 aromatic rings. The summed E-state index contributed by atoms with van der Waals surface area (Å²) < 4.78 is 0. The van der Waals surface area contributed by atoms with Crippen molar-refractivity contribution in [2.24, 2.45) is 0 Å². The van der Waals surface area contributed by atoms with Crippen LogP contribution in [0.25, 0.3) is 0 Å². The van der Waals surface area contributed by atoms with E-state index in [2.05, 4.69) is 34.9 Å². The van der Waals surface area contributed by atoms with Crippen LogP contribution < -0.4 is 15.5 Å². The zero-order chi connectivity index (χ0) is 16.8. The molecule has 1 aromatic carbocycles. The van der Waals surface area contributed by atoms with E-state index in [1.807, 2.05) is 19.0 Å². The molecule has 23 heavy (non-hydrogen) atoms. The van der Waals surface area contributed by atoms with Crippen molar-refractivity contribution in [1.29, 1.82) is 0 Å². The highest BCUT2D eigenvalue weighted by Crippen LogP contribution is 2.13. The van der Waals surface area contributed by atoms with Gasteiger partial charge in [-0.1, -0.05) is 12.1 Å². The molecule has 1 fully saturated rings.